The van der Waals surface area contributed by atoms with Gasteiger partial charge in [0.15, 0.2) is 0 Å². The summed E-state index contributed by atoms with van der Waals surface area (Å²) >= 11 is 0. The van der Waals surface area contributed by atoms with Gasteiger partial charge in [-0.2, -0.15) is 0 Å². The monoisotopic (exact) mass is 303 g/mol. The second-order valence-electron chi connectivity index (χ2n) is 6.79. The number of rotatable bonds is 2. The minimum Gasteiger partial charge on any atom is -0.444 e. The highest BCUT2D eigenvalue weighted by molar-refractivity contribution is 5.75. The van der Waals surface area contributed by atoms with Crippen LogP contribution < -0.4 is 11.0 Å². The van der Waals surface area contributed by atoms with Crippen LogP contribution in [0.2, 0.25) is 0 Å². The predicted molar refractivity (Wildman–Crippen MR) is 84.0 cm³/mol. The number of hydrogen-bond acceptors (Lipinski definition) is 3. The zero-order chi connectivity index (χ0) is 15.9. The summed E-state index contributed by atoms with van der Waals surface area (Å²) in [5.74, 6) is 0. The van der Waals surface area contributed by atoms with Gasteiger partial charge in [-0.15, -0.1) is 0 Å². The van der Waals surface area contributed by atoms with Crippen LogP contribution in [0.1, 0.15) is 39.7 Å². The summed E-state index contributed by atoms with van der Waals surface area (Å²) in [4.78, 5) is 26.7. The Kier molecular flexibility index (Phi) is 3.47. The highest BCUT2D eigenvalue weighted by atomic mass is 16.6. The van der Waals surface area contributed by atoms with Gasteiger partial charge >= 0.3 is 11.8 Å². The number of alkyl carbamates (subject to hydrolysis) is 1. The second kappa shape index (κ2) is 5.19. The van der Waals surface area contributed by atoms with Crippen molar-refractivity contribution in [2.45, 2.75) is 51.3 Å². The number of nitrogens with one attached hydrogen (secondary N) is 2. The first-order valence-corrected chi connectivity index (χ1v) is 7.52. The van der Waals surface area contributed by atoms with E-state index in [9.17, 15) is 9.59 Å². The summed E-state index contributed by atoms with van der Waals surface area (Å²) in [6, 6.07) is 7.81. The van der Waals surface area contributed by atoms with E-state index in [4.69, 9.17) is 4.74 Å². The number of aromatic nitrogens is 2. The smallest absolute Gasteiger partial charge is 0.407 e. The molecule has 0 bridgehead atoms. The van der Waals surface area contributed by atoms with Crippen molar-refractivity contribution in [3.63, 3.8) is 0 Å². The first-order chi connectivity index (χ1) is 10.3. The maximum absolute atomic E-state index is 12.1. The van der Waals surface area contributed by atoms with E-state index >= 15 is 0 Å². The lowest BCUT2D eigenvalue weighted by Gasteiger charge is -2.36. The Balaban J connectivity index is 1.65. The summed E-state index contributed by atoms with van der Waals surface area (Å²) < 4.78 is 7.02. The Morgan fingerprint density at radius 2 is 2.00 bits per heavy atom. The summed E-state index contributed by atoms with van der Waals surface area (Å²) in [5.41, 5.74) is 1.16. The fourth-order valence-corrected chi connectivity index (χ4v) is 2.83. The number of para-hydroxylation sites is 2. The molecule has 0 spiro atoms. The van der Waals surface area contributed by atoms with Gasteiger partial charge in [-0.05, 0) is 45.7 Å². The molecule has 22 heavy (non-hydrogen) atoms. The van der Waals surface area contributed by atoms with E-state index in [1.165, 1.54) is 0 Å². The maximum atomic E-state index is 12.1. The largest absolute Gasteiger partial charge is 0.444 e. The molecule has 0 radical (unpaired) electrons. The summed E-state index contributed by atoms with van der Waals surface area (Å²) in [7, 11) is 0. The number of fused-ring (bicyclic) bond motifs is 1. The van der Waals surface area contributed by atoms with Gasteiger partial charge in [0.25, 0.3) is 0 Å². The molecule has 1 saturated carbocycles. The molecular weight excluding hydrogens is 282 g/mol. The van der Waals surface area contributed by atoms with Gasteiger partial charge in [0.05, 0.1) is 11.0 Å². The van der Waals surface area contributed by atoms with Crippen LogP contribution in [-0.4, -0.2) is 27.3 Å². The van der Waals surface area contributed by atoms with Crippen LogP contribution in [-0.2, 0) is 4.74 Å². The third-order valence-electron chi connectivity index (χ3n) is 3.82. The zero-order valence-corrected chi connectivity index (χ0v) is 13.1. The fraction of sp³-hybridized carbons (Fsp3) is 0.500. The minimum atomic E-state index is -0.499. The molecule has 0 aliphatic heterocycles. The summed E-state index contributed by atoms with van der Waals surface area (Å²) in [6.45, 7) is 5.50. The van der Waals surface area contributed by atoms with E-state index in [1.54, 1.807) is 4.57 Å². The van der Waals surface area contributed by atoms with Gasteiger partial charge in [0, 0.05) is 12.1 Å². The Morgan fingerprint density at radius 3 is 2.68 bits per heavy atom. The van der Waals surface area contributed by atoms with Crippen molar-refractivity contribution in [3.8, 4) is 0 Å². The van der Waals surface area contributed by atoms with Crippen LogP contribution in [0.15, 0.2) is 29.1 Å². The van der Waals surface area contributed by atoms with Crippen LogP contribution in [0.5, 0.6) is 0 Å². The minimum absolute atomic E-state index is 0.0559. The average Bonchev–Trinajstić information content (AvgIpc) is 2.67. The van der Waals surface area contributed by atoms with Gasteiger partial charge in [-0.1, -0.05) is 12.1 Å². The quantitative estimate of drug-likeness (QED) is 0.895. The molecule has 1 heterocycles. The van der Waals surface area contributed by atoms with Crippen molar-refractivity contribution in [1.82, 2.24) is 14.9 Å². The van der Waals surface area contributed by atoms with Crippen molar-refractivity contribution in [1.29, 1.82) is 0 Å². The van der Waals surface area contributed by atoms with Gasteiger partial charge in [0.1, 0.15) is 5.60 Å². The van der Waals surface area contributed by atoms with Crippen molar-refractivity contribution in [2.24, 2.45) is 0 Å². The molecule has 1 aromatic carbocycles. The number of amides is 1. The number of carbonyl (C=O) groups excluding carboxylic acids is 1. The number of imidazole rings is 1. The van der Waals surface area contributed by atoms with Gasteiger partial charge in [-0.3, -0.25) is 4.57 Å². The standard InChI is InChI=1S/C16H21N3O3/c1-16(2,3)22-15(21)17-10-8-11(9-10)19-13-7-5-4-6-12(13)18-14(19)20/h4-7,10-11H,8-9H2,1-3H3,(H,17,21)(H,18,20)/t10-,11-. The SMILES string of the molecule is CC(C)(C)OC(=O)N[C@H]1C[C@H](n2c(=O)[nH]c3ccccc32)C1. The summed E-state index contributed by atoms with van der Waals surface area (Å²) in [5, 5.41) is 2.85. The molecule has 1 aromatic heterocycles. The molecule has 3 rings (SSSR count). The lowest BCUT2D eigenvalue weighted by Crippen LogP contribution is -2.48. The molecule has 6 nitrogen and oxygen atoms in total. The number of carbonyl (C=O) groups is 1. The fourth-order valence-electron chi connectivity index (χ4n) is 2.83. The van der Waals surface area contributed by atoms with Crippen molar-refractivity contribution < 1.29 is 9.53 Å². The van der Waals surface area contributed by atoms with Gasteiger partial charge in [-0.25, -0.2) is 9.59 Å². The first-order valence-electron chi connectivity index (χ1n) is 7.52. The number of hydrogen-bond donors (Lipinski definition) is 2. The van der Waals surface area contributed by atoms with Crippen LogP contribution in [0.4, 0.5) is 4.79 Å². The Bertz CT molecular complexity index is 748. The highest BCUT2D eigenvalue weighted by Gasteiger charge is 2.34. The number of H-pyrrole nitrogens is 1. The van der Waals surface area contributed by atoms with Crippen LogP contribution in [0, 0.1) is 0 Å². The molecule has 0 unspecified atom stereocenters. The molecule has 1 aliphatic rings. The lowest BCUT2D eigenvalue weighted by atomic mass is 9.86. The van der Waals surface area contributed by atoms with Crippen LogP contribution in [0.25, 0.3) is 11.0 Å². The van der Waals surface area contributed by atoms with E-state index in [2.05, 4.69) is 10.3 Å². The van der Waals surface area contributed by atoms with Crippen molar-refractivity contribution >= 4 is 17.1 Å². The maximum Gasteiger partial charge on any atom is 0.407 e. The Morgan fingerprint density at radius 1 is 1.32 bits per heavy atom. The van der Waals surface area contributed by atoms with E-state index in [1.807, 2.05) is 45.0 Å². The molecule has 1 aliphatic carbocycles. The Labute approximate surface area is 128 Å². The van der Waals surface area contributed by atoms with Crippen LogP contribution >= 0.6 is 0 Å². The van der Waals surface area contributed by atoms with Crippen molar-refractivity contribution in [2.75, 3.05) is 0 Å². The van der Waals surface area contributed by atoms with E-state index in [-0.39, 0.29) is 17.8 Å². The predicted octanol–water partition coefficient (Wildman–Crippen LogP) is 2.56. The molecule has 118 valence electrons. The Hall–Kier alpha value is -2.24. The normalized spacial score (nSPS) is 21.4. The van der Waals surface area contributed by atoms with E-state index in [0.717, 1.165) is 23.9 Å². The summed E-state index contributed by atoms with van der Waals surface area (Å²) in [6.07, 6.45) is 1.07. The molecular formula is C16H21N3O3. The molecule has 1 amide bonds. The lowest BCUT2D eigenvalue weighted by molar-refractivity contribution is 0.0457. The molecule has 2 N–H and O–H groups in total. The average molecular weight is 303 g/mol. The topological polar surface area (TPSA) is 76.1 Å². The van der Waals surface area contributed by atoms with Crippen molar-refractivity contribution in [3.05, 3.63) is 34.7 Å². The third kappa shape index (κ3) is 2.86. The van der Waals surface area contributed by atoms with Gasteiger partial charge in [0.2, 0.25) is 0 Å². The van der Waals surface area contributed by atoms with Crippen LogP contribution in [0.3, 0.4) is 0 Å². The number of benzene rings is 1. The third-order valence-corrected chi connectivity index (χ3v) is 3.82. The van der Waals surface area contributed by atoms with E-state index in [0.29, 0.717) is 0 Å². The molecule has 6 heteroatoms. The molecule has 2 aromatic rings. The number of aromatic amines is 1. The number of nitrogens with zero attached hydrogens (tertiary/aromatic N) is 1. The molecule has 0 saturated heterocycles. The van der Waals surface area contributed by atoms with Gasteiger partial charge < -0.3 is 15.0 Å². The zero-order valence-electron chi connectivity index (χ0n) is 13.1. The first kappa shape index (κ1) is 14.7. The second-order valence-corrected chi connectivity index (χ2v) is 6.79. The number of ether oxygens (including phenoxy) is 1. The molecule has 0 atom stereocenters. The molecule has 1 fully saturated rings. The van der Waals surface area contributed by atoms with E-state index < -0.39 is 11.7 Å². The highest BCUT2D eigenvalue weighted by Crippen LogP contribution is 2.33.